The van der Waals surface area contributed by atoms with E-state index in [-0.39, 0.29) is 12.1 Å². The second kappa shape index (κ2) is 11.0. The molecule has 0 radical (unpaired) electrons. The highest BCUT2D eigenvalue weighted by Gasteiger charge is 2.27. The number of hydrazone groups is 1. The van der Waals surface area contributed by atoms with E-state index in [2.05, 4.69) is 65.5 Å². The zero-order chi connectivity index (χ0) is 24.1. The van der Waals surface area contributed by atoms with Crippen LogP contribution in [-0.4, -0.2) is 86.0 Å². The van der Waals surface area contributed by atoms with Crippen LogP contribution in [0, 0.1) is 6.92 Å². The first-order chi connectivity index (χ1) is 16.4. The largest absolute Gasteiger partial charge is 0.494 e. The smallest absolute Gasteiger partial charge is 0.337 e. The normalized spacial score (nSPS) is 19.2. The van der Waals surface area contributed by atoms with Crippen molar-refractivity contribution in [2.24, 2.45) is 5.10 Å². The number of benzene rings is 2. The summed E-state index contributed by atoms with van der Waals surface area (Å²) >= 11 is 0. The number of carbonyl (C=O) groups is 1. The highest BCUT2D eigenvalue weighted by atomic mass is 16.5. The Kier molecular flexibility index (Phi) is 7.85. The van der Waals surface area contributed by atoms with Gasteiger partial charge in [0, 0.05) is 50.9 Å². The van der Waals surface area contributed by atoms with E-state index in [0.29, 0.717) is 6.61 Å². The molecule has 0 spiro atoms. The van der Waals surface area contributed by atoms with Gasteiger partial charge < -0.3 is 19.9 Å². The first-order valence-corrected chi connectivity index (χ1v) is 12.3. The van der Waals surface area contributed by atoms with Gasteiger partial charge in [-0.05, 0) is 51.4 Å². The molecular formula is C27H37N5O2. The number of nitrogens with one attached hydrogen (secondary N) is 1. The van der Waals surface area contributed by atoms with E-state index >= 15 is 0 Å². The lowest BCUT2D eigenvalue weighted by Crippen LogP contribution is -2.44. The molecule has 7 heteroatoms. The van der Waals surface area contributed by atoms with Crippen LogP contribution in [0.15, 0.2) is 47.6 Å². The second-order valence-corrected chi connectivity index (χ2v) is 9.43. The monoisotopic (exact) mass is 463 g/mol. The Hall–Kier alpha value is -2.90. The molecule has 2 aliphatic heterocycles. The molecule has 4 rings (SSSR count). The number of urea groups is 1. The van der Waals surface area contributed by atoms with E-state index < -0.39 is 0 Å². The molecule has 2 aromatic carbocycles. The van der Waals surface area contributed by atoms with E-state index in [1.54, 1.807) is 12.1 Å². The fourth-order valence-electron chi connectivity index (χ4n) is 4.54. The standard InChI is InChI=1S/C27H37N5O2/c1-20-6-8-22(9-7-20)26-25-19-24(34-17-5-12-31-15-13-30(4)14-16-31)11-10-23(25)18-21(2)32(29-26)27(33)28-3/h6-11,19,21H,5,12-18H2,1-4H3,(H,28,33)/t21-/m0/s1. The van der Waals surface area contributed by atoms with Gasteiger partial charge in [-0.25, -0.2) is 9.80 Å². The van der Waals surface area contributed by atoms with Gasteiger partial charge in [0.1, 0.15) is 5.75 Å². The number of rotatable bonds is 6. The predicted molar refractivity (Wildman–Crippen MR) is 137 cm³/mol. The average molecular weight is 464 g/mol. The van der Waals surface area contributed by atoms with Gasteiger partial charge >= 0.3 is 6.03 Å². The lowest BCUT2D eigenvalue weighted by atomic mass is 9.94. The van der Waals surface area contributed by atoms with Crippen molar-refractivity contribution in [2.45, 2.75) is 32.7 Å². The molecule has 2 aromatic rings. The molecule has 2 amide bonds. The number of aryl methyl sites for hydroxylation is 1. The summed E-state index contributed by atoms with van der Waals surface area (Å²) < 4.78 is 6.17. The molecule has 0 unspecified atom stereocenters. The van der Waals surface area contributed by atoms with E-state index in [1.165, 1.54) is 11.1 Å². The maximum atomic E-state index is 12.6. The van der Waals surface area contributed by atoms with E-state index in [9.17, 15) is 4.79 Å². The highest BCUT2D eigenvalue weighted by molar-refractivity contribution is 6.14. The minimum atomic E-state index is -0.203. The summed E-state index contributed by atoms with van der Waals surface area (Å²) in [7, 11) is 3.82. The lowest BCUT2D eigenvalue weighted by Gasteiger charge is -2.32. The molecular weight excluding hydrogens is 426 g/mol. The van der Waals surface area contributed by atoms with Crippen LogP contribution in [-0.2, 0) is 6.42 Å². The summed E-state index contributed by atoms with van der Waals surface area (Å²) in [6, 6.07) is 14.3. The summed E-state index contributed by atoms with van der Waals surface area (Å²) in [4.78, 5) is 17.5. The fourth-order valence-corrected chi connectivity index (χ4v) is 4.54. The van der Waals surface area contributed by atoms with Gasteiger partial charge in [-0.1, -0.05) is 35.9 Å². The Morgan fingerprint density at radius 3 is 2.56 bits per heavy atom. The van der Waals surface area contributed by atoms with Crippen molar-refractivity contribution in [1.29, 1.82) is 0 Å². The number of piperazine rings is 1. The molecule has 7 nitrogen and oxygen atoms in total. The molecule has 0 aliphatic carbocycles. The highest BCUT2D eigenvalue weighted by Crippen LogP contribution is 2.27. The Morgan fingerprint density at radius 1 is 1.12 bits per heavy atom. The van der Waals surface area contributed by atoms with Crippen LogP contribution in [0.1, 0.15) is 35.6 Å². The van der Waals surface area contributed by atoms with Gasteiger partial charge in [0.25, 0.3) is 0 Å². The number of hydrogen-bond acceptors (Lipinski definition) is 5. The van der Waals surface area contributed by atoms with Gasteiger partial charge in [0.05, 0.1) is 18.4 Å². The van der Waals surface area contributed by atoms with Crippen LogP contribution < -0.4 is 10.1 Å². The summed E-state index contributed by atoms with van der Waals surface area (Å²) in [5.41, 5.74) is 5.17. The molecule has 2 aliphatic rings. The number of nitrogens with zero attached hydrogens (tertiary/aromatic N) is 4. The molecule has 1 fully saturated rings. The molecule has 0 bridgehead atoms. The maximum absolute atomic E-state index is 12.6. The van der Waals surface area contributed by atoms with Crippen molar-refractivity contribution in [3.8, 4) is 5.75 Å². The van der Waals surface area contributed by atoms with Gasteiger partial charge in [-0.3, -0.25) is 0 Å². The van der Waals surface area contributed by atoms with Gasteiger partial charge in [-0.15, -0.1) is 0 Å². The van der Waals surface area contributed by atoms with Crippen LogP contribution in [0.3, 0.4) is 0 Å². The van der Waals surface area contributed by atoms with E-state index in [4.69, 9.17) is 9.84 Å². The summed E-state index contributed by atoms with van der Waals surface area (Å²) in [6.45, 7) is 10.4. The zero-order valence-electron chi connectivity index (χ0n) is 20.9. The summed E-state index contributed by atoms with van der Waals surface area (Å²) in [6.07, 6.45) is 1.73. The first-order valence-electron chi connectivity index (χ1n) is 12.3. The fraction of sp³-hybridized carbons (Fsp3) is 0.481. The third-order valence-electron chi connectivity index (χ3n) is 6.71. The third-order valence-corrected chi connectivity index (χ3v) is 6.71. The van der Waals surface area contributed by atoms with Crippen LogP contribution >= 0.6 is 0 Å². The quantitative estimate of drug-likeness (QED) is 0.668. The minimum Gasteiger partial charge on any atom is -0.494 e. The third kappa shape index (κ3) is 5.77. The van der Waals surface area contributed by atoms with Gasteiger partial charge in [-0.2, -0.15) is 5.10 Å². The Morgan fingerprint density at radius 2 is 1.85 bits per heavy atom. The first kappa shape index (κ1) is 24.2. The number of ether oxygens (including phenoxy) is 1. The zero-order valence-corrected chi connectivity index (χ0v) is 20.9. The van der Waals surface area contributed by atoms with Crippen molar-refractivity contribution >= 4 is 11.7 Å². The number of hydrogen-bond donors (Lipinski definition) is 1. The molecule has 2 heterocycles. The number of amides is 2. The predicted octanol–water partition coefficient (Wildman–Crippen LogP) is 3.35. The van der Waals surface area contributed by atoms with Crippen LogP contribution in [0.4, 0.5) is 4.79 Å². The average Bonchev–Trinajstić information content (AvgIpc) is 2.99. The van der Waals surface area contributed by atoms with Gasteiger partial charge in [0.2, 0.25) is 0 Å². The Bertz CT molecular complexity index is 1010. The summed E-state index contributed by atoms with van der Waals surface area (Å²) in [5, 5.41) is 9.13. The van der Waals surface area contributed by atoms with E-state index in [1.807, 2.05) is 13.0 Å². The number of likely N-dealkylation sites (N-methyl/N-ethyl adjacent to an activating group) is 1. The Balaban J connectivity index is 1.53. The topological polar surface area (TPSA) is 60.4 Å². The van der Waals surface area contributed by atoms with Crippen LogP contribution in [0.2, 0.25) is 0 Å². The van der Waals surface area contributed by atoms with Crippen molar-refractivity contribution < 1.29 is 9.53 Å². The van der Waals surface area contributed by atoms with E-state index in [0.717, 1.165) is 68.2 Å². The molecule has 1 atom stereocenters. The summed E-state index contributed by atoms with van der Waals surface area (Å²) in [5.74, 6) is 0.845. The molecule has 0 saturated carbocycles. The van der Waals surface area contributed by atoms with Crippen LogP contribution in [0.25, 0.3) is 0 Å². The Labute approximate surface area is 203 Å². The molecule has 1 N–H and O–H groups in total. The molecule has 1 saturated heterocycles. The molecule has 182 valence electrons. The van der Waals surface area contributed by atoms with Crippen molar-refractivity contribution in [2.75, 3.05) is 53.4 Å². The minimum absolute atomic E-state index is 0.0583. The maximum Gasteiger partial charge on any atom is 0.337 e. The molecule has 0 aromatic heterocycles. The SMILES string of the molecule is CNC(=O)N1N=C(c2ccc(C)cc2)c2cc(OCCCN3CCN(C)CC3)ccc2C[C@@H]1C. The number of carbonyl (C=O) groups excluding carboxylic acids is 1. The van der Waals surface area contributed by atoms with Crippen LogP contribution in [0.5, 0.6) is 5.75 Å². The van der Waals surface area contributed by atoms with Crippen molar-refractivity contribution in [3.63, 3.8) is 0 Å². The number of fused-ring (bicyclic) bond motifs is 1. The van der Waals surface area contributed by atoms with Crippen molar-refractivity contribution in [3.05, 3.63) is 64.7 Å². The van der Waals surface area contributed by atoms with Gasteiger partial charge in [0.15, 0.2) is 0 Å². The lowest BCUT2D eigenvalue weighted by molar-refractivity contribution is 0.145. The van der Waals surface area contributed by atoms with Crippen molar-refractivity contribution in [1.82, 2.24) is 20.1 Å². The second-order valence-electron chi connectivity index (χ2n) is 9.43. The molecule has 34 heavy (non-hydrogen) atoms.